The molecule has 0 fully saturated rings. The summed E-state index contributed by atoms with van der Waals surface area (Å²) in [6.45, 7) is 0. The third kappa shape index (κ3) is 4.47. The van der Waals surface area contributed by atoms with E-state index in [1.807, 2.05) is 48.5 Å². The first kappa shape index (κ1) is 14.2. The van der Waals surface area contributed by atoms with Gasteiger partial charge in [0.2, 0.25) is 0 Å². The summed E-state index contributed by atoms with van der Waals surface area (Å²) >= 11 is 0. The minimum absolute atomic E-state index is 0.0404. The van der Waals surface area contributed by atoms with E-state index >= 15 is 0 Å². The predicted octanol–water partition coefficient (Wildman–Crippen LogP) is 3.85. The molecule has 0 unspecified atom stereocenters. The lowest BCUT2D eigenvalue weighted by atomic mass is 10.0. The molecule has 0 amide bonds. The fourth-order valence-corrected chi connectivity index (χ4v) is 2.07. The highest BCUT2D eigenvalue weighted by molar-refractivity contribution is 5.98. The Morgan fingerprint density at radius 1 is 0.700 bits per heavy atom. The second kappa shape index (κ2) is 7.39. The van der Waals surface area contributed by atoms with E-state index in [1.165, 1.54) is 0 Å². The lowest BCUT2D eigenvalue weighted by Gasteiger charge is -2.02. The average Bonchev–Trinajstić information content (AvgIpc) is 2.52. The molecule has 2 heteroatoms. The predicted molar refractivity (Wildman–Crippen MR) is 79.8 cm³/mol. The smallest absolute Gasteiger partial charge is 0.163 e. The van der Waals surface area contributed by atoms with Gasteiger partial charge in [-0.25, -0.2) is 0 Å². The zero-order chi connectivity index (χ0) is 14.2. The fourth-order valence-electron chi connectivity index (χ4n) is 2.07. The van der Waals surface area contributed by atoms with Gasteiger partial charge >= 0.3 is 0 Å². The maximum atomic E-state index is 11.9. The van der Waals surface area contributed by atoms with Crippen LogP contribution in [-0.4, -0.2) is 11.6 Å². The molecule has 0 aromatic heterocycles. The number of ketones is 2. The highest BCUT2D eigenvalue weighted by Crippen LogP contribution is 2.08. The molecule has 102 valence electrons. The van der Waals surface area contributed by atoms with Crippen LogP contribution in [-0.2, 0) is 11.2 Å². The Bertz CT molecular complexity index is 558. The molecule has 0 saturated heterocycles. The number of Topliss-reactive ketones (excluding diaryl/α,β-unsaturated/α-hetero) is 2. The van der Waals surface area contributed by atoms with Crippen LogP contribution in [0.5, 0.6) is 0 Å². The van der Waals surface area contributed by atoms with Crippen LogP contribution in [0.3, 0.4) is 0 Å². The fraction of sp³-hybridized carbons (Fsp3) is 0.222. The normalized spacial score (nSPS) is 10.2. The van der Waals surface area contributed by atoms with Crippen molar-refractivity contribution in [2.45, 2.75) is 25.7 Å². The monoisotopic (exact) mass is 266 g/mol. The van der Waals surface area contributed by atoms with Crippen molar-refractivity contribution < 1.29 is 9.59 Å². The highest BCUT2D eigenvalue weighted by atomic mass is 16.1. The van der Waals surface area contributed by atoms with Crippen molar-refractivity contribution >= 4 is 11.6 Å². The summed E-state index contributed by atoms with van der Waals surface area (Å²) in [6.07, 6.45) is 1.89. The Morgan fingerprint density at radius 3 is 1.95 bits per heavy atom. The second-order valence-electron chi connectivity index (χ2n) is 4.81. The van der Waals surface area contributed by atoms with Gasteiger partial charge in [-0.15, -0.1) is 0 Å². The topological polar surface area (TPSA) is 34.1 Å². The van der Waals surface area contributed by atoms with Crippen LogP contribution in [0, 0.1) is 0 Å². The van der Waals surface area contributed by atoms with Gasteiger partial charge in [-0.05, 0) is 12.0 Å². The quantitative estimate of drug-likeness (QED) is 0.713. The standard InChI is InChI=1S/C18H18O2/c19-17(12-11-15-7-3-1-4-8-15)13-14-18(20)16-9-5-2-6-10-16/h1-10H,11-14H2. The van der Waals surface area contributed by atoms with Crippen molar-refractivity contribution in [2.24, 2.45) is 0 Å². The summed E-state index contributed by atoms with van der Waals surface area (Å²) in [6, 6.07) is 19.1. The summed E-state index contributed by atoms with van der Waals surface area (Å²) in [5.41, 5.74) is 1.85. The Hall–Kier alpha value is -2.22. The van der Waals surface area contributed by atoms with Crippen LogP contribution in [0.25, 0.3) is 0 Å². The number of hydrogen-bond donors (Lipinski definition) is 0. The van der Waals surface area contributed by atoms with Crippen molar-refractivity contribution in [3.63, 3.8) is 0 Å². The molecule has 0 atom stereocenters. The zero-order valence-corrected chi connectivity index (χ0v) is 11.4. The maximum absolute atomic E-state index is 11.9. The van der Waals surface area contributed by atoms with Crippen molar-refractivity contribution in [3.8, 4) is 0 Å². The Kier molecular flexibility index (Phi) is 5.24. The van der Waals surface area contributed by atoms with E-state index in [0.717, 1.165) is 12.0 Å². The molecule has 0 radical (unpaired) electrons. The van der Waals surface area contributed by atoms with E-state index in [2.05, 4.69) is 0 Å². The number of hydrogen-bond acceptors (Lipinski definition) is 2. The lowest BCUT2D eigenvalue weighted by Crippen LogP contribution is -2.05. The van der Waals surface area contributed by atoms with Crippen LogP contribution < -0.4 is 0 Å². The van der Waals surface area contributed by atoms with Gasteiger partial charge in [-0.1, -0.05) is 60.7 Å². The lowest BCUT2D eigenvalue weighted by molar-refractivity contribution is -0.119. The molecule has 2 aromatic carbocycles. The number of carbonyl (C=O) groups is 2. The van der Waals surface area contributed by atoms with Gasteiger partial charge in [0.15, 0.2) is 5.78 Å². The van der Waals surface area contributed by atoms with Gasteiger partial charge in [0.05, 0.1) is 0 Å². The number of aryl methyl sites for hydroxylation is 1. The summed E-state index contributed by atoms with van der Waals surface area (Å²) < 4.78 is 0. The molecule has 0 bridgehead atoms. The molecule has 0 saturated carbocycles. The van der Waals surface area contributed by atoms with Gasteiger partial charge in [0.1, 0.15) is 5.78 Å². The van der Waals surface area contributed by atoms with Crippen molar-refractivity contribution in [2.75, 3.05) is 0 Å². The summed E-state index contributed by atoms with van der Waals surface area (Å²) in [4.78, 5) is 23.7. The minimum atomic E-state index is 0.0404. The number of rotatable bonds is 7. The second-order valence-corrected chi connectivity index (χ2v) is 4.81. The van der Waals surface area contributed by atoms with Crippen LogP contribution in [0.4, 0.5) is 0 Å². The Balaban J connectivity index is 1.74. The molecule has 2 aromatic rings. The number of benzene rings is 2. The molecular formula is C18H18O2. The molecule has 0 spiro atoms. The third-order valence-corrected chi connectivity index (χ3v) is 3.26. The Morgan fingerprint density at radius 2 is 1.30 bits per heavy atom. The van der Waals surface area contributed by atoms with Gasteiger partial charge in [-0.3, -0.25) is 9.59 Å². The molecule has 0 heterocycles. The van der Waals surface area contributed by atoms with E-state index in [0.29, 0.717) is 24.8 Å². The van der Waals surface area contributed by atoms with Crippen LogP contribution in [0.1, 0.15) is 35.2 Å². The average molecular weight is 266 g/mol. The first-order chi connectivity index (χ1) is 9.75. The van der Waals surface area contributed by atoms with Gasteiger partial charge in [0, 0.05) is 24.8 Å². The van der Waals surface area contributed by atoms with E-state index in [4.69, 9.17) is 0 Å². The van der Waals surface area contributed by atoms with Crippen molar-refractivity contribution in [1.82, 2.24) is 0 Å². The van der Waals surface area contributed by atoms with E-state index in [1.54, 1.807) is 12.1 Å². The SMILES string of the molecule is O=C(CCC(=O)c1ccccc1)CCc1ccccc1. The molecule has 0 aliphatic rings. The molecular weight excluding hydrogens is 248 g/mol. The summed E-state index contributed by atoms with van der Waals surface area (Å²) in [5, 5.41) is 0. The third-order valence-electron chi connectivity index (χ3n) is 3.26. The van der Waals surface area contributed by atoms with Crippen molar-refractivity contribution in [1.29, 1.82) is 0 Å². The van der Waals surface area contributed by atoms with Crippen molar-refractivity contribution in [3.05, 3.63) is 71.8 Å². The maximum Gasteiger partial charge on any atom is 0.163 e. The van der Waals surface area contributed by atoms with Gasteiger partial charge < -0.3 is 0 Å². The first-order valence-corrected chi connectivity index (χ1v) is 6.89. The summed E-state index contributed by atoms with van der Waals surface area (Å²) in [7, 11) is 0. The van der Waals surface area contributed by atoms with Gasteiger partial charge in [0.25, 0.3) is 0 Å². The Labute approximate surface area is 119 Å². The van der Waals surface area contributed by atoms with Crippen LogP contribution >= 0.6 is 0 Å². The number of carbonyl (C=O) groups excluding carboxylic acids is 2. The first-order valence-electron chi connectivity index (χ1n) is 6.89. The minimum Gasteiger partial charge on any atom is -0.300 e. The summed E-state index contributed by atoms with van der Waals surface area (Å²) in [5.74, 6) is 0.191. The highest BCUT2D eigenvalue weighted by Gasteiger charge is 2.09. The molecule has 2 rings (SSSR count). The largest absolute Gasteiger partial charge is 0.300 e. The van der Waals surface area contributed by atoms with E-state index in [-0.39, 0.29) is 11.6 Å². The molecule has 2 nitrogen and oxygen atoms in total. The zero-order valence-electron chi connectivity index (χ0n) is 11.4. The van der Waals surface area contributed by atoms with Crippen LogP contribution in [0.15, 0.2) is 60.7 Å². The molecule has 0 aliphatic carbocycles. The molecule has 20 heavy (non-hydrogen) atoms. The molecule has 0 N–H and O–H groups in total. The molecule has 0 aliphatic heterocycles. The van der Waals surface area contributed by atoms with E-state index in [9.17, 15) is 9.59 Å². The van der Waals surface area contributed by atoms with E-state index < -0.39 is 0 Å². The van der Waals surface area contributed by atoms with Gasteiger partial charge in [-0.2, -0.15) is 0 Å². The van der Waals surface area contributed by atoms with Crippen LogP contribution in [0.2, 0.25) is 0 Å².